The van der Waals surface area contributed by atoms with Gasteiger partial charge in [-0.05, 0) is 18.2 Å². The van der Waals surface area contributed by atoms with Crippen molar-refractivity contribution in [1.82, 2.24) is 14.8 Å². The number of rotatable bonds is 6. The maximum Gasteiger partial charge on any atom is 0.271 e. The van der Waals surface area contributed by atoms with Crippen molar-refractivity contribution in [2.75, 3.05) is 11.1 Å². The van der Waals surface area contributed by atoms with Gasteiger partial charge in [0.15, 0.2) is 11.0 Å². The molecule has 0 spiro atoms. The van der Waals surface area contributed by atoms with E-state index < -0.39 is 4.92 Å². The second-order valence-electron chi connectivity index (χ2n) is 5.52. The Hall–Kier alpha value is -2.72. The SMILES string of the molecule is Cn1c(SCC(=O)Nc2cccc([N+](=O)[O-])c2)nnc1-c1ccc(Br)cc1. The summed E-state index contributed by atoms with van der Waals surface area (Å²) >= 11 is 4.63. The Morgan fingerprint density at radius 1 is 1.26 bits per heavy atom. The van der Waals surface area contributed by atoms with E-state index in [0.29, 0.717) is 16.7 Å². The Bertz CT molecular complexity index is 990. The van der Waals surface area contributed by atoms with Crippen LogP contribution in [-0.2, 0) is 11.8 Å². The smallest absolute Gasteiger partial charge is 0.271 e. The number of nitrogens with one attached hydrogen (secondary N) is 1. The van der Waals surface area contributed by atoms with Gasteiger partial charge in [0, 0.05) is 34.9 Å². The maximum atomic E-state index is 12.1. The molecule has 0 unspecified atom stereocenters. The minimum absolute atomic E-state index is 0.0760. The average molecular weight is 448 g/mol. The Morgan fingerprint density at radius 2 is 2.00 bits per heavy atom. The van der Waals surface area contributed by atoms with Gasteiger partial charge in [0.1, 0.15) is 0 Å². The largest absolute Gasteiger partial charge is 0.325 e. The fraction of sp³-hybridized carbons (Fsp3) is 0.118. The molecule has 0 saturated heterocycles. The number of hydrogen-bond donors (Lipinski definition) is 1. The van der Waals surface area contributed by atoms with Gasteiger partial charge in [-0.2, -0.15) is 0 Å². The zero-order chi connectivity index (χ0) is 19.4. The molecule has 0 bridgehead atoms. The molecule has 0 aliphatic heterocycles. The molecule has 27 heavy (non-hydrogen) atoms. The number of nitrogens with zero attached hydrogens (tertiary/aromatic N) is 4. The van der Waals surface area contributed by atoms with Crippen LogP contribution in [0.5, 0.6) is 0 Å². The first-order valence-electron chi connectivity index (χ1n) is 7.76. The van der Waals surface area contributed by atoms with E-state index >= 15 is 0 Å². The number of aromatic nitrogens is 3. The third-order valence-electron chi connectivity index (χ3n) is 3.61. The second-order valence-corrected chi connectivity index (χ2v) is 7.37. The lowest BCUT2D eigenvalue weighted by atomic mass is 10.2. The van der Waals surface area contributed by atoms with E-state index in [1.807, 2.05) is 35.9 Å². The predicted molar refractivity (Wildman–Crippen MR) is 107 cm³/mol. The molecule has 1 N–H and O–H groups in total. The average Bonchev–Trinajstić information content (AvgIpc) is 3.01. The Morgan fingerprint density at radius 3 is 2.70 bits per heavy atom. The van der Waals surface area contributed by atoms with Crippen molar-refractivity contribution < 1.29 is 9.72 Å². The number of benzene rings is 2. The van der Waals surface area contributed by atoms with Crippen molar-refractivity contribution in [3.63, 3.8) is 0 Å². The fourth-order valence-electron chi connectivity index (χ4n) is 2.32. The third kappa shape index (κ3) is 4.72. The summed E-state index contributed by atoms with van der Waals surface area (Å²) in [5, 5.41) is 22.3. The number of amides is 1. The second kappa shape index (κ2) is 8.31. The van der Waals surface area contributed by atoms with Crippen molar-refractivity contribution in [2.45, 2.75) is 5.16 Å². The molecule has 2 aromatic carbocycles. The number of hydrogen-bond acceptors (Lipinski definition) is 6. The van der Waals surface area contributed by atoms with Gasteiger partial charge in [-0.25, -0.2) is 0 Å². The number of non-ortho nitro benzene ring substituents is 1. The van der Waals surface area contributed by atoms with Crippen molar-refractivity contribution in [1.29, 1.82) is 0 Å². The van der Waals surface area contributed by atoms with Gasteiger partial charge in [-0.15, -0.1) is 10.2 Å². The third-order valence-corrected chi connectivity index (χ3v) is 5.16. The number of nitro benzene ring substituents is 1. The number of halogens is 1. The number of nitro groups is 1. The summed E-state index contributed by atoms with van der Waals surface area (Å²) in [6, 6.07) is 13.5. The van der Waals surface area contributed by atoms with Gasteiger partial charge in [-0.1, -0.05) is 45.9 Å². The molecule has 3 aromatic rings. The first-order valence-corrected chi connectivity index (χ1v) is 9.54. The quantitative estimate of drug-likeness (QED) is 0.349. The van der Waals surface area contributed by atoms with E-state index in [2.05, 4.69) is 31.4 Å². The monoisotopic (exact) mass is 447 g/mol. The van der Waals surface area contributed by atoms with Crippen LogP contribution in [0.3, 0.4) is 0 Å². The lowest BCUT2D eigenvalue weighted by molar-refractivity contribution is -0.384. The van der Waals surface area contributed by atoms with Crippen LogP contribution in [0.4, 0.5) is 11.4 Å². The molecule has 0 fully saturated rings. The zero-order valence-corrected chi connectivity index (χ0v) is 16.5. The zero-order valence-electron chi connectivity index (χ0n) is 14.1. The van der Waals surface area contributed by atoms with E-state index in [1.54, 1.807) is 6.07 Å². The van der Waals surface area contributed by atoms with Crippen LogP contribution < -0.4 is 5.32 Å². The van der Waals surface area contributed by atoms with Crippen LogP contribution in [0.2, 0.25) is 0 Å². The molecule has 0 radical (unpaired) electrons. The van der Waals surface area contributed by atoms with Crippen LogP contribution in [0.25, 0.3) is 11.4 Å². The molecule has 0 saturated carbocycles. The topological polar surface area (TPSA) is 103 Å². The van der Waals surface area contributed by atoms with E-state index in [1.165, 1.54) is 30.0 Å². The first kappa shape index (κ1) is 19.1. The normalized spacial score (nSPS) is 10.6. The van der Waals surface area contributed by atoms with Crippen molar-refractivity contribution in [2.24, 2.45) is 7.05 Å². The summed E-state index contributed by atoms with van der Waals surface area (Å²) < 4.78 is 2.79. The van der Waals surface area contributed by atoms with E-state index in [9.17, 15) is 14.9 Å². The molecular weight excluding hydrogens is 434 g/mol. The van der Waals surface area contributed by atoms with Crippen LogP contribution in [-0.4, -0.2) is 31.3 Å². The fourth-order valence-corrected chi connectivity index (χ4v) is 3.29. The highest BCUT2D eigenvalue weighted by Gasteiger charge is 2.14. The van der Waals surface area contributed by atoms with Crippen LogP contribution >= 0.6 is 27.7 Å². The molecule has 8 nitrogen and oxygen atoms in total. The number of carbonyl (C=O) groups is 1. The van der Waals surface area contributed by atoms with E-state index in [-0.39, 0.29) is 17.3 Å². The highest BCUT2D eigenvalue weighted by molar-refractivity contribution is 9.10. The van der Waals surface area contributed by atoms with Gasteiger partial charge < -0.3 is 9.88 Å². The van der Waals surface area contributed by atoms with Crippen molar-refractivity contribution in [3.8, 4) is 11.4 Å². The lowest BCUT2D eigenvalue weighted by Crippen LogP contribution is -2.14. The summed E-state index contributed by atoms with van der Waals surface area (Å²) in [6.45, 7) is 0. The minimum Gasteiger partial charge on any atom is -0.325 e. The first-order chi connectivity index (χ1) is 12.9. The summed E-state index contributed by atoms with van der Waals surface area (Å²) in [6.07, 6.45) is 0. The van der Waals surface area contributed by atoms with Crippen LogP contribution in [0.15, 0.2) is 58.2 Å². The number of carbonyl (C=O) groups excluding carboxylic acids is 1. The van der Waals surface area contributed by atoms with Gasteiger partial charge >= 0.3 is 0 Å². The van der Waals surface area contributed by atoms with Crippen LogP contribution in [0, 0.1) is 10.1 Å². The van der Waals surface area contributed by atoms with Crippen molar-refractivity contribution >= 4 is 45.0 Å². The molecule has 1 heterocycles. The van der Waals surface area contributed by atoms with Gasteiger partial charge in [0.05, 0.1) is 10.7 Å². The van der Waals surface area contributed by atoms with Gasteiger partial charge in [-0.3, -0.25) is 14.9 Å². The molecule has 138 valence electrons. The van der Waals surface area contributed by atoms with Gasteiger partial charge in [0.25, 0.3) is 5.69 Å². The molecule has 0 aliphatic carbocycles. The number of anilines is 1. The molecule has 10 heteroatoms. The minimum atomic E-state index is -0.506. The van der Waals surface area contributed by atoms with Crippen molar-refractivity contribution in [3.05, 3.63) is 63.1 Å². The van der Waals surface area contributed by atoms with Gasteiger partial charge in [0.2, 0.25) is 5.91 Å². The number of thioether (sulfide) groups is 1. The Balaban J connectivity index is 1.63. The molecule has 1 aromatic heterocycles. The summed E-state index contributed by atoms with van der Waals surface area (Å²) in [5.74, 6) is 0.521. The Labute approximate surface area is 167 Å². The molecule has 0 aliphatic rings. The molecular formula is C17H14BrN5O3S. The van der Waals surface area contributed by atoms with E-state index in [0.717, 1.165) is 10.0 Å². The molecule has 1 amide bonds. The summed E-state index contributed by atoms with van der Waals surface area (Å²) in [7, 11) is 1.83. The lowest BCUT2D eigenvalue weighted by Gasteiger charge is -2.06. The predicted octanol–water partition coefficient (Wildman–Crippen LogP) is 3.88. The standard InChI is InChI=1S/C17H14BrN5O3S/c1-22-16(11-5-7-12(18)8-6-11)20-21-17(22)27-10-15(24)19-13-3-2-4-14(9-13)23(25)26/h2-9H,10H2,1H3,(H,19,24). The highest BCUT2D eigenvalue weighted by Crippen LogP contribution is 2.24. The van der Waals surface area contributed by atoms with E-state index in [4.69, 9.17) is 0 Å². The molecule has 0 atom stereocenters. The summed E-state index contributed by atoms with van der Waals surface area (Å²) in [4.78, 5) is 22.4. The van der Waals surface area contributed by atoms with Crippen LogP contribution in [0.1, 0.15) is 0 Å². The molecule has 3 rings (SSSR count). The summed E-state index contributed by atoms with van der Waals surface area (Å²) in [5.41, 5.74) is 1.22. The highest BCUT2D eigenvalue weighted by atomic mass is 79.9. The Kier molecular flexibility index (Phi) is 5.87. The maximum absolute atomic E-state index is 12.1.